The standard InChI is InChI=1S/C13H19N3OS/c1-13(2)5-7-16(8-9-18-13)12(17)11-10(14)4-3-6-15-11/h3-4,6H,5,7-9,14H2,1-2H3. The molecule has 1 aliphatic heterocycles. The second-order valence-electron chi connectivity index (χ2n) is 5.09. The van der Waals surface area contributed by atoms with Gasteiger partial charge in [0.25, 0.3) is 5.91 Å². The highest BCUT2D eigenvalue weighted by Gasteiger charge is 2.27. The number of nitrogen functional groups attached to an aromatic ring is 1. The minimum Gasteiger partial charge on any atom is -0.397 e. The van der Waals surface area contributed by atoms with Crippen LogP contribution in [0.4, 0.5) is 5.69 Å². The predicted molar refractivity (Wildman–Crippen MR) is 75.7 cm³/mol. The van der Waals surface area contributed by atoms with Crippen molar-refractivity contribution < 1.29 is 4.79 Å². The van der Waals surface area contributed by atoms with Gasteiger partial charge in [-0.3, -0.25) is 4.79 Å². The number of pyridine rings is 1. The van der Waals surface area contributed by atoms with Crippen LogP contribution in [0.1, 0.15) is 30.8 Å². The van der Waals surface area contributed by atoms with E-state index in [4.69, 9.17) is 5.73 Å². The summed E-state index contributed by atoms with van der Waals surface area (Å²) in [6.45, 7) is 5.99. The van der Waals surface area contributed by atoms with E-state index >= 15 is 0 Å². The molecule has 0 bridgehead atoms. The quantitative estimate of drug-likeness (QED) is 0.844. The average molecular weight is 265 g/mol. The van der Waals surface area contributed by atoms with Crippen LogP contribution >= 0.6 is 11.8 Å². The van der Waals surface area contributed by atoms with E-state index in [-0.39, 0.29) is 10.7 Å². The van der Waals surface area contributed by atoms with Gasteiger partial charge >= 0.3 is 0 Å². The molecule has 2 heterocycles. The van der Waals surface area contributed by atoms with Gasteiger partial charge in [0, 0.05) is 29.8 Å². The van der Waals surface area contributed by atoms with Crippen molar-refractivity contribution in [2.45, 2.75) is 25.0 Å². The molecule has 1 aromatic heterocycles. The summed E-state index contributed by atoms with van der Waals surface area (Å²) in [6, 6.07) is 3.46. The number of nitrogens with two attached hydrogens (primary N) is 1. The Morgan fingerprint density at radius 1 is 1.50 bits per heavy atom. The lowest BCUT2D eigenvalue weighted by atomic mass is 10.1. The molecule has 98 valence electrons. The number of nitrogens with zero attached hydrogens (tertiary/aromatic N) is 2. The molecule has 0 spiro atoms. The number of amides is 1. The van der Waals surface area contributed by atoms with Crippen molar-refractivity contribution in [1.82, 2.24) is 9.88 Å². The normalized spacial score (nSPS) is 19.3. The van der Waals surface area contributed by atoms with E-state index in [0.29, 0.717) is 11.4 Å². The van der Waals surface area contributed by atoms with Crippen molar-refractivity contribution in [2.24, 2.45) is 0 Å². The fraction of sp³-hybridized carbons (Fsp3) is 0.538. The molecule has 0 atom stereocenters. The first kappa shape index (κ1) is 13.2. The van der Waals surface area contributed by atoms with Crippen LogP contribution in [0.5, 0.6) is 0 Å². The van der Waals surface area contributed by atoms with Gasteiger partial charge in [-0.2, -0.15) is 11.8 Å². The van der Waals surface area contributed by atoms with E-state index in [2.05, 4.69) is 18.8 Å². The first-order valence-corrected chi connectivity index (χ1v) is 7.12. The number of anilines is 1. The molecular formula is C13H19N3OS. The Hall–Kier alpha value is -1.23. The number of hydrogen-bond acceptors (Lipinski definition) is 4. The van der Waals surface area contributed by atoms with Crippen LogP contribution < -0.4 is 5.73 Å². The summed E-state index contributed by atoms with van der Waals surface area (Å²) >= 11 is 1.92. The molecule has 1 aromatic rings. The molecule has 4 nitrogen and oxygen atoms in total. The third-order valence-corrected chi connectivity index (χ3v) is 4.54. The number of carbonyl (C=O) groups is 1. The highest BCUT2D eigenvalue weighted by molar-refractivity contribution is 8.00. The Morgan fingerprint density at radius 3 is 3.00 bits per heavy atom. The summed E-state index contributed by atoms with van der Waals surface area (Å²) in [7, 11) is 0. The molecule has 2 N–H and O–H groups in total. The van der Waals surface area contributed by atoms with Crippen LogP contribution in [0.3, 0.4) is 0 Å². The zero-order valence-corrected chi connectivity index (χ0v) is 11.7. The van der Waals surface area contributed by atoms with Crippen molar-refractivity contribution in [1.29, 1.82) is 0 Å². The van der Waals surface area contributed by atoms with E-state index in [0.717, 1.165) is 25.3 Å². The molecule has 1 aliphatic rings. The van der Waals surface area contributed by atoms with Gasteiger partial charge < -0.3 is 10.6 Å². The second kappa shape index (κ2) is 5.18. The number of carbonyl (C=O) groups excluding carboxylic acids is 1. The van der Waals surface area contributed by atoms with Gasteiger partial charge in [0.05, 0.1) is 5.69 Å². The van der Waals surface area contributed by atoms with Crippen molar-refractivity contribution in [3.05, 3.63) is 24.0 Å². The summed E-state index contributed by atoms with van der Waals surface area (Å²) in [6.07, 6.45) is 2.61. The van der Waals surface area contributed by atoms with Gasteiger partial charge in [-0.15, -0.1) is 0 Å². The van der Waals surface area contributed by atoms with Crippen LogP contribution in [0.25, 0.3) is 0 Å². The van der Waals surface area contributed by atoms with Crippen LogP contribution in [-0.4, -0.2) is 39.4 Å². The molecule has 0 aromatic carbocycles. The van der Waals surface area contributed by atoms with E-state index in [1.807, 2.05) is 16.7 Å². The molecular weight excluding hydrogens is 246 g/mol. The van der Waals surface area contributed by atoms with Crippen molar-refractivity contribution in [3.8, 4) is 0 Å². The molecule has 1 saturated heterocycles. The number of aromatic nitrogens is 1. The van der Waals surface area contributed by atoms with Gasteiger partial charge in [0.15, 0.2) is 5.69 Å². The molecule has 1 fully saturated rings. The van der Waals surface area contributed by atoms with Gasteiger partial charge in [-0.05, 0) is 18.6 Å². The molecule has 0 aliphatic carbocycles. The number of hydrogen-bond donors (Lipinski definition) is 1. The predicted octanol–water partition coefficient (Wildman–Crippen LogP) is 2.02. The maximum Gasteiger partial charge on any atom is 0.274 e. The maximum absolute atomic E-state index is 12.4. The number of thioether (sulfide) groups is 1. The topological polar surface area (TPSA) is 59.2 Å². The second-order valence-corrected chi connectivity index (χ2v) is 6.89. The Kier molecular flexibility index (Phi) is 3.80. The first-order valence-electron chi connectivity index (χ1n) is 6.13. The van der Waals surface area contributed by atoms with Crippen molar-refractivity contribution in [2.75, 3.05) is 24.6 Å². The minimum atomic E-state index is -0.0496. The van der Waals surface area contributed by atoms with E-state index in [1.165, 1.54) is 0 Å². The first-order chi connectivity index (χ1) is 8.49. The fourth-order valence-corrected chi connectivity index (χ4v) is 3.07. The van der Waals surface area contributed by atoms with Gasteiger partial charge in [-0.1, -0.05) is 13.8 Å². The average Bonchev–Trinajstić information content (AvgIpc) is 2.50. The summed E-state index contributed by atoms with van der Waals surface area (Å²) < 4.78 is 0.241. The third-order valence-electron chi connectivity index (χ3n) is 3.17. The summed E-state index contributed by atoms with van der Waals surface area (Å²) in [5.41, 5.74) is 6.64. The van der Waals surface area contributed by atoms with Crippen molar-refractivity contribution >= 4 is 23.4 Å². The molecule has 2 rings (SSSR count). The molecule has 0 saturated carbocycles. The highest BCUT2D eigenvalue weighted by Crippen LogP contribution is 2.31. The summed E-state index contributed by atoms with van der Waals surface area (Å²) in [4.78, 5) is 18.3. The van der Waals surface area contributed by atoms with Crippen LogP contribution in [0.15, 0.2) is 18.3 Å². The molecule has 5 heteroatoms. The van der Waals surface area contributed by atoms with Gasteiger partial charge in [0.2, 0.25) is 0 Å². The SMILES string of the molecule is CC1(C)CCN(C(=O)c2ncccc2N)CCS1. The Bertz CT molecular complexity index is 448. The van der Waals surface area contributed by atoms with Crippen LogP contribution in [-0.2, 0) is 0 Å². The van der Waals surface area contributed by atoms with E-state index in [1.54, 1.807) is 18.3 Å². The van der Waals surface area contributed by atoms with Crippen molar-refractivity contribution in [3.63, 3.8) is 0 Å². The van der Waals surface area contributed by atoms with Gasteiger partial charge in [0.1, 0.15) is 0 Å². The van der Waals surface area contributed by atoms with E-state index < -0.39 is 0 Å². The lowest BCUT2D eigenvalue weighted by molar-refractivity contribution is 0.0760. The summed E-state index contributed by atoms with van der Waals surface area (Å²) in [5, 5.41) is 0. The zero-order chi connectivity index (χ0) is 13.2. The highest BCUT2D eigenvalue weighted by atomic mass is 32.2. The molecule has 18 heavy (non-hydrogen) atoms. The fourth-order valence-electron chi connectivity index (χ4n) is 1.97. The Balaban J connectivity index is 2.13. The van der Waals surface area contributed by atoms with Crippen LogP contribution in [0.2, 0.25) is 0 Å². The van der Waals surface area contributed by atoms with Gasteiger partial charge in [-0.25, -0.2) is 4.98 Å². The largest absolute Gasteiger partial charge is 0.397 e. The van der Waals surface area contributed by atoms with Crippen LogP contribution in [0, 0.1) is 0 Å². The lowest BCUT2D eigenvalue weighted by Crippen LogP contribution is -2.34. The monoisotopic (exact) mass is 265 g/mol. The lowest BCUT2D eigenvalue weighted by Gasteiger charge is -2.22. The zero-order valence-electron chi connectivity index (χ0n) is 10.8. The molecule has 0 unspecified atom stereocenters. The minimum absolute atomic E-state index is 0.0496. The van der Waals surface area contributed by atoms with E-state index in [9.17, 15) is 4.79 Å². The maximum atomic E-state index is 12.4. The molecule has 0 radical (unpaired) electrons. The third kappa shape index (κ3) is 2.96. The number of rotatable bonds is 1. The smallest absolute Gasteiger partial charge is 0.274 e. The molecule has 1 amide bonds. The Morgan fingerprint density at radius 2 is 2.28 bits per heavy atom. The Labute approximate surface area is 112 Å². The summed E-state index contributed by atoms with van der Waals surface area (Å²) in [5.74, 6) is 0.914.